The molecule has 0 aromatic rings. The first-order valence-corrected chi connectivity index (χ1v) is 6.75. The maximum absolute atomic E-state index is 9.65. The molecule has 2 unspecified atom stereocenters. The van der Waals surface area contributed by atoms with Crippen molar-refractivity contribution in [1.82, 2.24) is 4.90 Å². The van der Waals surface area contributed by atoms with E-state index in [1.165, 1.54) is 58.2 Å². The predicted octanol–water partition coefficient (Wildman–Crippen LogP) is 2.41. The third kappa shape index (κ3) is 3.76. The first kappa shape index (κ1) is 11.4. The largest absolute Gasteiger partial charge is 0.393 e. The number of hydrogen-bond donors (Lipinski definition) is 1. The van der Waals surface area contributed by atoms with Crippen molar-refractivity contribution in [3.63, 3.8) is 0 Å². The Morgan fingerprint density at radius 1 is 0.933 bits per heavy atom. The molecule has 1 saturated carbocycles. The van der Waals surface area contributed by atoms with E-state index in [1.54, 1.807) is 0 Å². The molecule has 0 amide bonds. The Kier molecular flexibility index (Phi) is 4.45. The third-order valence-corrected chi connectivity index (χ3v) is 3.97. The van der Waals surface area contributed by atoms with Crippen molar-refractivity contribution in [2.45, 2.75) is 57.5 Å². The molecule has 2 nitrogen and oxygen atoms in total. The SMILES string of the molecule is OC1CCCC(CN2CCCCCC2)C1. The van der Waals surface area contributed by atoms with Crippen LogP contribution < -0.4 is 0 Å². The molecule has 2 atom stereocenters. The minimum Gasteiger partial charge on any atom is -0.393 e. The fourth-order valence-electron chi connectivity index (χ4n) is 3.11. The van der Waals surface area contributed by atoms with Gasteiger partial charge in [-0.3, -0.25) is 0 Å². The van der Waals surface area contributed by atoms with E-state index in [4.69, 9.17) is 0 Å². The predicted molar refractivity (Wildman–Crippen MR) is 62.9 cm³/mol. The lowest BCUT2D eigenvalue weighted by Gasteiger charge is -2.30. The fourth-order valence-corrected chi connectivity index (χ4v) is 3.11. The van der Waals surface area contributed by atoms with Gasteiger partial charge < -0.3 is 10.0 Å². The van der Waals surface area contributed by atoms with Crippen molar-refractivity contribution in [3.05, 3.63) is 0 Å². The normalized spacial score (nSPS) is 35.0. The molecule has 1 saturated heterocycles. The van der Waals surface area contributed by atoms with Gasteiger partial charge in [-0.15, -0.1) is 0 Å². The monoisotopic (exact) mass is 211 g/mol. The van der Waals surface area contributed by atoms with E-state index in [9.17, 15) is 5.11 Å². The number of hydrogen-bond acceptors (Lipinski definition) is 2. The van der Waals surface area contributed by atoms with Crippen molar-refractivity contribution >= 4 is 0 Å². The summed E-state index contributed by atoms with van der Waals surface area (Å²) < 4.78 is 0. The summed E-state index contributed by atoms with van der Waals surface area (Å²) in [6.45, 7) is 3.84. The Bertz CT molecular complexity index is 175. The highest BCUT2D eigenvalue weighted by Gasteiger charge is 2.22. The van der Waals surface area contributed by atoms with Gasteiger partial charge in [-0.1, -0.05) is 19.3 Å². The van der Waals surface area contributed by atoms with Crippen LogP contribution in [0.1, 0.15) is 51.4 Å². The van der Waals surface area contributed by atoms with Gasteiger partial charge in [0.15, 0.2) is 0 Å². The molecule has 1 aliphatic heterocycles. The van der Waals surface area contributed by atoms with Crippen LogP contribution in [0.15, 0.2) is 0 Å². The van der Waals surface area contributed by atoms with Crippen molar-refractivity contribution in [3.8, 4) is 0 Å². The Morgan fingerprint density at radius 3 is 2.33 bits per heavy atom. The lowest BCUT2D eigenvalue weighted by atomic mass is 9.87. The minimum absolute atomic E-state index is 0.00396. The van der Waals surface area contributed by atoms with Crippen LogP contribution in [0.25, 0.3) is 0 Å². The van der Waals surface area contributed by atoms with Gasteiger partial charge in [-0.05, 0) is 51.1 Å². The van der Waals surface area contributed by atoms with Gasteiger partial charge in [-0.2, -0.15) is 0 Å². The van der Waals surface area contributed by atoms with Crippen molar-refractivity contribution < 1.29 is 5.11 Å². The number of aliphatic hydroxyl groups is 1. The van der Waals surface area contributed by atoms with Crippen LogP contribution in [0.5, 0.6) is 0 Å². The van der Waals surface area contributed by atoms with Gasteiger partial charge in [0.1, 0.15) is 0 Å². The summed E-state index contributed by atoms with van der Waals surface area (Å²) >= 11 is 0. The van der Waals surface area contributed by atoms with Crippen molar-refractivity contribution in [1.29, 1.82) is 0 Å². The number of rotatable bonds is 2. The van der Waals surface area contributed by atoms with Gasteiger partial charge in [-0.25, -0.2) is 0 Å². The molecular weight excluding hydrogens is 186 g/mol. The van der Waals surface area contributed by atoms with E-state index in [0.29, 0.717) is 0 Å². The second kappa shape index (κ2) is 5.86. The third-order valence-electron chi connectivity index (χ3n) is 3.97. The molecule has 0 radical (unpaired) electrons. The Morgan fingerprint density at radius 2 is 1.67 bits per heavy atom. The van der Waals surface area contributed by atoms with Crippen LogP contribution in [0.3, 0.4) is 0 Å². The molecular formula is C13H25NO. The zero-order chi connectivity index (χ0) is 10.5. The van der Waals surface area contributed by atoms with Gasteiger partial charge >= 0.3 is 0 Å². The molecule has 2 heteroatoms. The summed E-state index contributed by atoms with van der Waals surface area (Å²) in [7, 11) is 0. The van der Waals surface area contributed by atoms with E-state index in [0.717, 1.165) is 18.8 Å². The lowest BCUT2D eigenvalue weighted by molar-refractivity contribution is 0.0843. The van der Waals surface area contributed by atoms with Crippen LogP contribution in [-0.2, 0) is 0 Å². The molecule has 88 valence electrons. The summed E-state index contributed by atoms with van der Waals surface area (Å²) in [5, 5.41) is 9.65. The molecule has 0 aromatic heterocycles. The minimum atomic E-state index is -0.00396. The lowest BCUT2D eigenvalue weighted by Crippen LogP contribution is -2.33. The topological polar surface area (TPSA) is 23.5 Å². The molecule has 2 fully saturated rings. The van der Waals surface area contributed by atoms with E-state index < -0.39 is 0 Å². The number of nitrogens with zero attached hydrogens (tertiary/aromatic N) is 1. The number of likely N-dealkylation sites (tertiary alicyclic amines) is 1. The zero-order valence-electron chi connectivity index (χ0n) is 9.83. The molecule has 1 heterocycles. The average Bonchev–Trinajstić information content (AvgIpc) is 2.46. The van der Waals surface area contributed by atoms with Gasteiger partial charge in [0.25, 0.3) is 0 Å². The summed E-state index contributed by atoms with van der Waals surface area (Å²) in [5.74, 6) is 0.770. The second-order valence-electron chi connectivity index (χ2n) is 5.40. The van der Waals surface area contributed by atoms with Crippen LogP contribution in [0.4, 0.5) is 0 Å². The van der Waals surface area contributed by atoms with Crippen LogP contribution >= 0.6 is 0 Å². The standard InChI is InChI=1S/C13H25NO/c15-13-7-5-6-12(10-13)11-14-8-3-1-2-4-9-14/h12-13,15H,1-11H2. The molecule has 1 aliphatic carbocycles. The fraction of sp³-hybridized carbons (Fsp3) is 1.00. The van der Waals surface area contributed by atoms with Crippen LogP contribution in [-0.4, -0.2) is 35.7 Å². The quantitative estimate of drug-likeness (QED) is 0.758. The van der Waals surface area contributed by atoms with Crippen molar-refractivity contribution in [2.75, 3.05) is 19.6 Å². The summed E-state index contributed by atoms with van der Waals surface area (Å²) in [5.41, 5.74) is 0. The summed E-state index contributed by atoms with van der Waals surface area (Å²) in [4.78, 5) is 2.63. The molecule has 0 spiro atoms. The summed E-state index contributed by atoms with van der Waals surface area (Å²) in [6.07, 6.45) is 10.3. The smallest absolute Gasteiger partial charge is 0.0543 e. The number of aliphatic hydroxyl groups excluding tert-OH is 1. The zero-order valence-corrected chi connectivity index (χ0v) is 9.83. The molecule has 1 N–H and O–H groups in total. The molecule has 0 bridgehead atoms. The first-order valence-electron chi connectivity index (χ1n) is 6.75. The molecule has 2 aliphatic rings. The van der Waals surface area contributed by atoms with E-state index >= 15 is 0 Å². The van der Waals surface area contributed by atoms with E-state index in [-0.39, 0.29) is 6.10 Å². The van der Waals surface area contributed by atoms with Gasteiger partial charge in [0.05, 0.1) is 6.10 Å². The van der Waals surface area contributed by atoms with Gasteiger partial charge in [0, 0.05) is 6.54 Å². The van der Waals surface area contributed by atoms with Crippen LogP contribution in [0, 0.1) is 5.92 Å². The maximum atomic E-state index is 9.65. The Balaban J connectivity index is 1.74. The summed E-state index contributed by atoms with van der Waals surface area (Å²) in [6, 6.07) is 0. The molecule has 2 rings (SSSR count). The highest BCUT2D eigenvalue weighted by molar-refractivity contribution is 4.76. The Labute approximate surface area is 93.7 Å². The highest BCUT2D eigenvalue weighted by Crippen LogP contribution is 2.25. The van der Waals surface area contributed by atoms with Crippen molar-refractivity contribution in [2.24, 2.45) is 5.92 Å². The second-order valence-corrected chi connectivity index (χ2v) is 5.40. The molecule has 0 aromatic carbocycles. The highest BCUT2D eigenvalue weighted by atomic mass is 16.3. The first-order chi connectivity index (χ1) is 7.34. The Hall–Kier alpha value is -0.0800. The van der Waals surface area contributed by atoms with Crippen LogP contribution in [0.2, 0.25) is 0 Å². The maximum Gasteiger partial charge on any atom is 0.0543 e. The average molecular weight is 211 g/mol. The molecule has 15 heavy (non-hydrogen) atoms. The van der Waals surface area contributed by atoms with Gasteiger partial charge in [0.2, 0.25) is 0 Å². The van der Waals surface area contributed by atoms with E-state index in [2.05, 4.69) is 4.90 Å². The van der Waals surface area contributed by atoms with E-state index in [1.807, 2.05) is 0 Å².